The molecule has 3 aromatic rings. The first-order valence-corrected chi connectivity index (χ1v) is 12.4. The van der Waals surface area contributed by atoms with Crippen LogP contribution in [0.4, 0.5) is 17.1 Å². The first-order valence-electron chi connectivity index (χ1n) is 12.4. The highest BCUT2D eigenvalue weighted by molar-refractivity contribution is 6.17. The normalized spacial score (nSPS) is 24.8. The number of carbonyl (C=O) groups excluding carboxylic acids is 3. The highest BCUT2D eigenvalue weighted by Gasteiger charge is 2.70. The van der Waals surface area contributed by atoms with E-state index in [4.69, 9.17) is 0 Å². The summed E-state index contributed by atoms with van der Waals surface area (Å²) in [5.41, 5.74) is 3.42. The van der Waals surface area contributed by atoms with Crippen molar-refractivity contribution < 1.29 is 19.3 Å². The third-order valence-electron chi connectivity index (χ3n) is 8.17. The summed E-state index contributed by atoms with van der Waals surface area (Å²) >= 11 is 0. The SMILES string of the molecule is CC(=O)[C@@H]1[C@H](C(=O)c2cccc([N+](=O)[O-])c2)[C@]2(C(=O)Nc3ccccc32)[C@@H]2C=C(C)c3cc(C)ccc3N12. The van der Waals surface area contributed by atoms with Crippen LogP contribution in [0.1, 0.15) is 40.9 Å². The second-order valence-electron chi connectivity index (χ2n) is 10.3. The molecule has 0 bridgehead atoms. The fourth-order valence-corrected chi connectivity index (χ4v) is 6.65. The Kier molecular flexibility index (Phi) is 5.14. The molecule has 0 aliphatic carbocycles. The molecule has 3 aliphatic heterocycles. The Labute approximate surface area is 219 Å². The summed E-state index contributed by atoms with van der Waals surface area (Å²) in [5, 5.41) is 14.5. The average molecular weight is 508 g/mol. The first kappa shape index (κ1) is 23.8. The van der Waals surface area contributed by atoms with Gasteiger partial charge in [-0.3, -0.25) is 24.5 Å². The highest BCUT2D eigenvalue weighted by Crippen LogP contribution is 2.58. The number of Topliss-reactive ketones (excluding diaryl/α,β-unsaturated/α-hetero) is 2. The fourth-order valence-electron chi connectivity index (χ4n) is 6.65. The predicted octanol–water partition coefficient (Wildman–Crippen LogP) is 4.86. The van der Waals surface area contributed by atoms with Crippen LogP contribution >= 0.6 is 0 Å². The number of allylic oxidation sites excluding steroid dienone is 1. The van der Waals surface area contributed by atoms with Gasteiger partial charge in [0.2, 0.25) is 5.91 Å². The number of nitro benzene ring substituents is 1. The number of nitrogens with zero attached hydrogens (tertiary/aromatic N) is 2. The van der Waals surface area contributed by atoms with Crippen LogP contribution in [0.3, 0.4) is 0 Å². The maximum absolute atomic E-state index is 14.4. The summed E-state index contributed by atoms with van der Waals surface area (Å²) in [6.45, 7) is 5.40. The van der Waals surface area contributed by atoms with E-state index in [-0.39, 0.29) is 22.9 Å². The Morgan fingerprint density at radius 1 is 1.03 bits per heavy atom. The molecular formula is C30H25N3O5. The van der Waals surface area contributed by atoms with Crippen molar-refractivity contribution in [3.63, 3.8) is 0 Å². The quantitative estimate of drug-likeness (QED) is 0.307. The predicted molar refractivity (Wildman–Crippen MR) is 143 cm³/mol. The molecular weight excluding hydrogens is 482 g/mol. The van der Waals surface area contributed by atoms with Crippen molar-refractivity contribution in [1.82, 2.24) is 0 Å². The van der Waals surface area contributed by atoms with Gasteiger partial charge in [-0.15, -0.1) is 0 Å². The molecule has 3 aromatic carbocycles. The number of anilines is 2. The van der Waals surface area contributed by atoms with Crippen LogP contribution in [-0.2, 0) is 15.0 Å². The van der Waals surface area contributed by atoms with Crippen molar-refractivity contribution in [3.8, 4) is 0 Å². The molecule has 190 valence electrons. The number of carbonyl (C=O) groups is 3. The van der Waals surface area contributed by atoms with Crippen molar-refractivity contribution in [2.75, 3.05) is 10.2 Å². The second kappa shape index (κ2) is 8.21. The van der Waals surface area contributed by atoms with Crippen LogP contribution < -0.4 is 10.2 Å². The number of benzene rings is 3. The van der Waals surface area contributed by atoms with Crippen molar-refractivity contribution in [2.45, 2.75) is 38.3 Å². The Bertz CT molecular complexity index is 1610. The second-order valence-corrected chi connectivity index (χ2v) is 10.3. The number of amides is 1. The van der Waals surface area contributed by atoms with Gasteiger partial charge in [-0.25, -0.2) is 0 Å². The number of hydrogen-bond acceptors (Lipinski definition) is 6. The van der Waals surface area contributed by atoms with Crippen LogP contribution in [0, 0.1) is 23.0 Å². The van der Waals surface area contributed by atoms with Gasteiger partial charge in [-0.1, -0.05) is 48.0 Å². The van der Waals surface area contributed by atoms with Crippen molar-refractivity contribution >= 4 is 40.1 Å². The van der Waals surface area contributed by atoms with Gasteiger partial charge in [0, 0.05) is 34.6 Å². The number of ketones is 2. The van der Waals surface area contributed by atoms with Crippen LogP contribution in [0.2, 0.25) is 0 Å². The highest BCUT2D eigenvalue weighted by atomic mass is 16.6. The third kappa shape index (κ3) is 3.06. The number of fused-ring (bicyclic) bond motifs is 6. The zero-order valence-electron chi connectivity index (χ0n) is 21.1. The van der Waals surface area contributed by atoms with E-state index in [0.717, 1.165) is 22.4 Å². The van der Waals surface area contributed by atoms with Crippen molar-refractivity contribution in [2.24, 2.45) is 5.92 Å². The Morgan fingerprint density at radius 3 is 2.53 bits per heavy atom. The monoisotopic (exact) mass is 507 g/mol. The molecule has 1 amide bonds. The minimum absolute atomic E-state index is 0.0942. The van der Waals surface area contributed by atoms with E-state index >= 15 is 0 Å². The summed E-state index contributed by atoms with van der Waals surface area (Å²) in [6, 6.07) is 17.1. The van der Waals surface area contributed by atoms with E-state index in [1.54, 1.807) is 6.07 Å². The lowest BCUT2D eigenvalue weighted by Crippen LogP contribution is -2.51. The summed E-state index contributed by atoms with van der Waals surface area (Å²) in [7, 11) is 0. The summed E-state index contributed by atoms with van der Waals surface area (Å²) in [6.07, 6.45) is 1.99. The maximum Gasteiger partial charge on any atom is 0.270 e. The topological polar surface area (TPSA) is 110 Å². The molecule has 0 radical (unpaired) electrons. The molecule has 8 heteroatoms. The Morgan fingerprint density at radius 2 is 1.79 bits per heavy atom. The fraction of sp³-hybridized carbons (Fsp3) is 0.233. The molecule has 0 aromatic heterocycles. The van der Waals surface area contributed by atoms with E-state index in [9.17, 15) is 24.5 Å². The van der Waals surface area contributed by atoms with Crippen molar-refractivity contribution in [3.05, 3.63) is 105 Å². The third-order valence-corrected chi connectivity index (χ3v) is 8.17. The Hall–Kier alpha value is -4.59. The molecule has 4 atom stereocenters. The Balaban J connectivity index is 1.67. The van der Waals surface area contributed by atoms with Crippen LogP contribution in [0.5, 0.6) is 0 Å². The van der Waals surface area contributed by atoms with Gasteiger partial charge in [0.25, 0.3) is 5.69 Å². The number of rotatable bonds is 4. The zero-order valence-corrected chi connectivity index (χ0v) is 21.1. The number of para-hydroxylation sites is 1. The summed E-state index contributed by atoms with van der Waals surface area (Å²) in [5.74, 6) is -2.21. The van der Waals surface area contributed by atoms with Gasteiger partial charge in [0.15, 0.2) is 11.6 Å². The molecule has 1 fully saturated rings. The van der Waals surface area contributed by atoms with Gasteiger partial charge in [0.1, 0.15) is 5.41 Å². The average Bonchev–Trinajstić information content (AvgIpc) is 3.36. The number of hydrogen-bond donors (Lipinski definition) is 1. The maximum atomic E-state index is 14.4. The van der Waals surface area contributed by atoms with Crippen LogP contribution in [0.25, 0.3) is 5.57 Å². The first-order chi connectivity index (χ1) is 18.2. The molecule has 0 saturated carbocycles. The number of nitro groups is 1. The molecule has 1 saturated heterocycles. The van der Waals surface area contributed by atoms with Gasteiger partial charge in [-0.2, -0.15) is 0 Å². The van der Waals surface area contributed by atoms with Crippen molar-refractivity contribution in [1.29, 1.82) is 0 Å². The lowest BCUT2D eigenvalue weighted by atomic mass is 9.64. The molecule has 3 aliphatic rings. The standard InChI is InChI=1S/C30H25N3O5/c1-16-11-12-24-21(13-16)17(2)14-25-30(22-9-4-5-10-23(22)31-29(30)36)26(27(18(3)34)32(24)25)28(35)19-7-6-8-20(15-19)33(37)38/h4-15,25-27H,1-3H3,(H,31,36)/t25-,26+,27+,30+/m0/s1. The van der Waals surface area contributed by atoms with Gasteiger partial charge in [-0.05, 0) is 50.1 Å². The number of nitrogens with one attached hydrogen (secondary N) is 1. The van der Waals surface area contributed by atoms with Gasteiger partial charge in [0.05, 0.1) is 22.9 Å². The summed E-state index contributed by atoms with van der Waals surface area (Å²) < 4.78 is 0. The van der Waals surface area contributed by atoms with Crippen LogP contribution in [0.15, 0.2) is 72.8 Å². The van der Waals surface area contributed by atoms with Gasteiger partial charge >= 0.3 is 0 Å². The minimum atomic E-state index is -1.42. The summed E-state index contributed by atoms with van der Waals surface area (Å²) in [4.78, 5) is 54.9. The zero-order chi connectivity index (χ0) is 26.9. The van der Waals surface area contributed by atoms with E-state index in [2.05, 4.69) is 5.32 Å². The molecule has 3 heterocycles. The number of aryl methyl sites for hydroxylation is 1. The molecule has 8 nitrogen and oxygen atoms in total. The molecule has 1 N–H and O–H groups in total. The number of non-ortho nitro benzene ring substituents is 1. The van der Waals surface area contributed by atoms with E-state index in [1.165, 1.54) is 31.2 Å². The smallest absolute Gasteiger partial charge is 0.270 e. The molecule has 0 unspecified atom stereocenters. The van der Waals surface area contributed by atoms with E-state index < -0.39 is 34.1 Å². The lowest BCUT2D eigenvalue weighted by Gasteiger charge is -2.39. The molecule has 1 spiro atoms. The van der Waals surface area contributed by atoms with Crippen LogP contribution in [-0.4, -0.2) is 34.5 Å². The molecule has 38 heavy (non-hydrogen) atoms. The largest absolute Gasteiger partial charge is 0.352 e. The lowest BCUT2D eigenvalue weighted by molar-refractivity contribution is -0.384. The minimum Gasteiger partial charge on any atom is -0.352 e. The molecule has 6 rings (SSSR count). The van der Waals surface area contributed by atoms with E-state index in [1.807, 2.05) is 61.2 Å². The van der Waals surface area contributed by atoms with E-state index in [0.29, 0.717) is 11.3 Å². The van der Waals surface area contributed by atoms with Gasteiger partial charge < -0.3 is 10.2 Å².